The minimum absolute atomic E-state index is 0.331. The molecule has 0 aliphatic heterocycles. The zero-order valence-corrected chi connectivity index (χ0v) is 6.32. The Morgan fingerprint density at radius 1 is 1.50 bits per heavy atom. The van der Waals surface area contributed by atoms with Crippen LogP contribution in [0.2, 0.25) is 0 Å². The van der Waals surface area contributed by atoms with Crippen LogP contribution in [0.1, 0.15) is 5.69 Å². The molecule has 2 heterocycles. The summed E-state index contributed by atoms with van der Waals surface area (Å²) in [4.78, 5) is 3.00. The van der Waals surface area contributed by atoms with Crippen LogP contribution in [-0.2, 0) is 6.54 Å². The molecule has 0 saturated carbocycles. The van der Waals surface area contributed by atoms with E-state index < -0.39 is 0 Å². The van der Waals surface area contributed by atoms with E-state index >= 15 is 0 Å². The molecule has 2 aromatic rings. The maximum Gasteiger partial charge on any atom is 0.155 e. The Labute approximate surface area is 68.5 Å². The highest BCUT2D eigenvalue weighted by Gasteiger charge is 2.10. The van der Waals surface area contributed by atoms with Crippen molar-refractivity contribution in [2.45, 2.75) is 6.54 Å². The first-order chi connectivity index (χ1) is 5.92. The van der Waals surface area contributed by atoms with Crippen LogP contribution in [0.25, 0.3) is 11.4 Å². The van der Waals surface area contributed by atoms with E-state index in [-0.39, 0.29) is 0 Å². The van der Waals surface area contributed by atoms with Crippen molar-refractivity contribution in [2.75, 3.05) is 0 Å². The van der Waals surface area contributed by atoms with Gasteiger partial charge < -0.3 is 10.7 Å². The first kappa shape index (κ1) is 7.05. The van der Waals surface area contributed by atoms with Crippen molar-refractivity contribution in [2.24, 2.45) is 5.73 Å². The summed E-state index contributed by atoms with van der Waals surface area (Å²) < 4.78 is 4.56. The molecule has 0 aliphatic rings. The largest absolute Gasteiger partial charge is 0.360 e. The zero-order valence-electron chi connectivity index (χ0n) is 6.32. The lowest BCUT2D eigenvalue weighted by Crippen LogP contribution is -1.98. The van der Waals surface area contributed by atoms with Gasteiger partial charge in [0.25, 0.3) is 0 Å². The molecule has 5 nitrogen and oxygen atoms in total. The number of hydrogen-bond acceptors (Lipinski definition) is 4. The summed E-state index contributed by atoms with van der Waals surface area (Å²) in [5.74, 6) is 0. The highest BCUT2D eigenvalue weighted by atomic mass is 16.6. The van der Waals surface area contributed by atoms with Gasteiger partial charge in [0.15, 0.2) is 5.69 Å². The summed E-state index contributed by atoms with van der Waals surface area (Å²) in [6.07, 6.45) is 1.81. The standard InChI is InChI=1S/C7H8N4O/c8-4-6-7(11-12-10-6)5-2-1-3-9-5/h1-3,9H,4,8H2. The molecule has 0 unspecified atom stereocenters. The van der Waals surface area contributed by atoms with Crippen molar-refractivity contribution in [3.05, 3.63) is 24.0 Å². The SMILES string of the molecule is NCc1nonc1-c1ccc[nH]1. The molecule has 3 N–H and O–H groups in total. The number of H-pyrrole nitrogens is 1. The molecule has 0 saturated heterocycles. The fourth-order valence-electron chi connectivity index (χ4n) is 1.02. The first-order valence-electron chi connectivity index (χ1n) is 3.57. The monoisotopic (exact) mass is 164 g/mol. The maximum atomic E-state index is 5.42. The van der Waals surface area contributed by atoms with Crippen LogP contribution in [0.5, 0.6) is 0 Å². The molecule has 62 valence electrons. The van der Waals surface area contributed by atoms with E-state index in [1.54, 1.807) is 0 Å². The van der Waals surface area contributed by atoms with Gasteiger partial charge in [-0.2, -0.15) is 0 Å². The molecule has 0 amide bonds. The molecule has 12 heavy (non-hydrogen) atoms. The number of rotatable bonds is 2. The summed E-state index contributed by atoms with van der Waals surface area (Å²) in [5, 5.41) is 7.39. The molecule has 0 aliphatic carbocycles. The number of aromatic amines is 1. The van der Waals surface area contributed by atoms with Crippen LogP contribution in [0.4, 0.5) is 0 Å². The molecule has 0 radical (unpaired) electrons. The van der Waals surface area contributed by atoms with Crippen molar-refractivity contribution < 1.29 is 4.63 Å². The second kappa shape index (κ2) is 2.78. The Balaban J connectivity index is 2.46. The molecule has 2 rings (SSSR count). The Kier molecular flexibility index (Phi) is 1.64. The summed E-state index contributed by atoms with van der Waals surface area (Å²) in [6, 6.07) is 3.77. The fraction of sp³-hybridized carbons (Fsp3) is 0.143. The van der Waals surface area contributed by atoms with E-state index in [0.717, 1.165) is 5.69 Å². The Hall–Kier alpha value is -1.62. The van der Waals surface area contributed by atoms with Gasteiger partial charge in [-0.25, -0.2) is 4.63 Å². The summed E-state index contributed by atoms with van der Waals surface area (Å²) in [7, 11) is 0. The van der Waals surface area contributed by atoms with Gasteiger partial charge in [-0.15, -0.1) is 0 Å². The van der Waals surface area contributed by atoms with Gasteiger partial charge in [0.05, 0.1) is 5.69 Å². The third-order valence-electron chi connectivity index (χ3n) is 1.60. The third kappa shape index (κ3) is 0.998. The molecule has 0 spiro atoms. The molecular weight excluding hydrogens is 156 g/mol. The van der Waals surface area contributed by atoms with E-state index in [1.165, 1.54) is 0 Å². The minimum Gasteiger partial charge on any atom is -0.360 e. The van der Waals surface area contributed by atoms with Crippen LogP contribution in [0, 0.1) is 0 Å². The number of nitrogens with zero attached hydrogens (tertiary/aromatic N) is 2. The predicted octanol–water partition coefficient (Wildman–Crippen LogP) is 0.523. The van der Waals surface area contributed by atoms with E-state index in [2.05, 4.69) is 19.9 Å². The topological polar surface area (TPSA) is 80.7 Å². The van der Waals surface area contributed by atoms with E-state index in [4.69, 9.17) is 5.73 Å². The van der Waals surface area contributed by atoms with Crippen LogP contribution in [-0.4, -0.2) is 15.3 Å². The van der Waals surface area contributed by atoms with Crippen LogP contribution in [0.15, 0.2) is 23.0 Å². The lowest BCUT2D eigenvalue weighted by molar-refractivity contribution is 0.304. The van der Waals surface area contributed by atoms with Crippen molar-refractivity contribution in [1.82, 2.24) is 15.3 Å². The second-order valence-electron chi connectivity index (χ2n) is 2.35. The molecular formula is C7H8N4O. The normalized spacial score (nSPS) is 10.4. The average molecular weight is 164 g/mol. The number of nitrogens with one attached hydrogen (secondary N) is 1. The molecule has 2 aromatic heterocycles. The highest BCUT2D eigenvalue weighted by Crippen LogP contribution is 2.16. The zero-order chi connectivity index (χ0) is 8.39. The van der Waals surface area contributed by atoms with E-state index in [9.17, 15) is 0 Å². The quantitative estimate of drug-likeness (QED) is 0.678. The van der Waals surface area contributed by atoms with Crippen LogP contribution in [0.3, 0.4) is 0 Å². The van der Waals surface area contributed by atoms with E-state index in [0.29, 0.717) is 17.9 Å². The minimum atomic E-state index is 0.331. The summed E-state index contributed by atoms with van der Waals surface area (Å²) in [6.45, 7) is 0.331. The molecule has 0 bridgehead atoms. The van der Waals surface area contributed by atoms with Gasteiger partial charge in [0.2, 0.25) is 0 Å². The molecule has 0 atom stereocenters. The summed E-state index contributed by atoms with van der Waals surface area (Å²) in [5.41, 5.74) is 7.64. The Morgan fingerprint density at radius 2 is 2.42 bits per heavy atom. The smallest absolute Gasteiger partial charge is 0.155 e. The fourth-order valence-corrected chi connectivity index (χ4v) is 1.02. The van der Waals surface area contributed by atoms with Gasteiger partial charge >= 0.3 is 0 Å². The van der Waals surface area contributed by atoms with Crippen LogP contribution < -0.4 is 5.73 Å². The first-order valence-corrected chi connectivity index (χ1v) is 3.57. The lowest BCUT2D eigenvalue weighted by atomic mass is 10.2. The van der Waals surface area contributed by atoms with Crippen molar-refractivity contribution in [3.8, 4) is 11.4 Å². The molecule has 0 fully saturated rings. The van der Waals surface area contributed by atoms with Crippen LogP contribution >= 0.6 is 0 Å². The van der Waals surface area contributed by atoms with Gasteiger partial charge in [0.1, 0.15) is 5.69 Å². The van der Waals surface area contributed by atoms with Gasteiger partial charge in [0, 0.05) is 12.7 Å². The summed E-state index contributed by atoms with van der Waals surface area (Å²) >= 11 is 0. The maximum absolute atomic E-state index is 5.42. The Bertz CT molecular complexity index is 351. The molecule has 0 aromatic carbocycles. The number of hydrogen-bond donors (Lipinski definition) is 2. The second-order valence-corrected chi connectivity index (χ2v) is 2.35. The van der Waals surface area contributed by atoms with Crippen molar-refractivity contribution >= 4 is 0 Å². The lowest BCUT2D eigenvalue weighted by Gasteiger charge is -1.90. The van der Waals surface area contributed by atoms with E-state index in [1.807, 2.05) is 18.3 Å². The number of aromatic nitrogens is 3. The van der Waals surface area contributed by atoms with Crippen molar-refractivity contribution in [3.63, 3.8) is 0 Å². The average Bonchev–Trinajstić information content (AvgIpc) is 2.74. The third-order valence-corrected chi connectivity index (χ3v) is 1.60. The number of nitrogens with two attached hydrogens (primary N) is 1. The Morgan fingerprint density at radius 3 is 3.08 bits per heavy atom. The van der Waals surface area contributed by atoms with Gasteiger partial charge in [-0.1, -0.05) is 5.16 Å². The van der Waals surface area contributed by atoms with Crippen molar-refractivity contribution in [1.29, 1.82) is 0 Å². The predicted molar refractivity (Wildman–Crippen MR) is 42.0 cm³/mol. The molecule has 5 heteroatoms. The highest BCUT2D eigenvalue weighted by molar-refractivity contribution is 5.55. The van der Waals surface area contributed by atoms with Gasteiger partial charge in [-0.3, -0.25) is 0 Å². The van der Waals surface area contributed by atoms with Gasteiger partial charge in [-0.05, 0) is 17.3 Å².